The van der Waals surface area contributed by atoms with Gasteiger partial charge in [-0.25, -0.2) is 0 Å². The van der Waals surface area contributed by atoms with Gasteiger partial charge in [0.05, 0.1) is 16.9 Å². The number of hydrogen-bond donors (Lipinski definition) is 2. The van der Waals surface area contributed by atoms with Crippen LogP contribution in [0.25, 0.3) is 11.5 Å². The van der Waals surface area contributed by atoms with Crippen molar-refractivity contribution in [2.45, 2.75) is 19.0 Å². The van der Waals surface area contributed by atoms with E-state index < -0.39 is 23.6 Å². The van der Waals surface area contributed by atoms with E-state index in [1.807, 2.05) is 16.8 Å². The quantitative estimate of drug-likeness (QED) is 0.629. The van der Waals surface area contributed by atoms with Crippen molar-refractivity contribution < 1.29 is 31.9 Å². The van der Waals surface area contributed by atoms with E-state index in [-0.39, 0.29) is 42.5 Å². The monoisotopic (exact) mass is 438 g/mol. The van der Waals surface area contributed by atoms with Crippen LogP contribution in [0.4, 0.5) is 24.5 Å². The number of nitrogens with zero attached hydrogens (tertiary/aromatic N) is 2. The zero-order valence-corrected chi connectivity index (χ0v) is 15.9. The van der Waals surface area contributed by atoms with E-state index in [2.05, 4.69) is 20.8 Å². The SMILES string of the molecule is O=C(CCc1nnc(-c2ccsc2)o1)Nc1cc(C(F)(F)F)cc2c1OCC(=O)N2. The lowest BCUT2D eigenvalue weighted by Crippen LogP contribution is -2.27. The second-order valence-electron chi connectivity index (χ2n) is 6.30. The number of rotatable bonds is 5. The smallest absolute Gasteiger partial charge is 0.416 e. The highest BCUT2D eigenvalue weighted by Gasteiger charge is 2.34. The molecule has 0 radical (unpaired) electrons. The summed E-state index contributed by atoms with van der Waals surface area (Å²) in [5.74, 6) is -0.651. The summed E-state index contributed by atoms with van der Waals surface area (Å²) < 4.78 is 50.2. The van der Waals surface area contributed by atoms with Gasteiger partial charge in [-0.05, 0) is 23.6 Å². The molecule has 1 aromatic carbocycles. The number of hydrogen-bond acceptors (Lipinski definition) is 7. The van der Waals surface area contributed by atoms with Crippen molar-refractivity contribution in [2.24, 2.45) is 0 Å². The average molecular weight is 438 g/mol. The third kappa shape index (κ3) is 4.27. The van der Waals surface area contributed by atoms with Crippen LogP contribution in [0.5, 0.6) is 5.75 Å². The summed E-state index contributed by atoms with van der Waals surface area (Å²) >= 11 is 1.47. The van der Waals surface area contributed by atoms with Gasteiger partial charge < -0.3 is 19.8 Å². The van der Waals surface area contributed by atoms with Crippen molar-refractivity contribution >= 4 is 34.5 Å². The number of nitrogens with one attached hydrogen (secondary N) is 2. The molecule has 1 aliphatic rings. The van der Waals surface area contributed by atoms with Crippen LogP contribution < -0.4 is 15.4 Å². The summed E-state index contributed by atoms with van der Waals surface area (Å²) in [6.07, 6.45) is -4.68. The highest BCUT2D eigenvalue weighted by molar-refractivity contribution is 7.08. The number of alkyl halides is 3. The van der Waals surface area contributed by atoms with Crippen LogP contribution in [-0.2, 0) is 22.2 Å². The minimum absolute atomic E-state index is 0.0338. The molecule has 1 aliphatic heterocycles. The number of halogens is 3. The van der Waals surface area contributed by atoms with Gasteiger partial charge in [-0.3, -0.25) is 9.59 Å². The number of aryl methyl sites for hydroxylation is 1. The van der Waals surface area contributed by atoms with E-state index in [0.29, 0.717) is 5.89 Å². The van der Waals surface area contributed by atoms with Crippen LogP contribution in [0.3, 0.4) is 0 Å². The fraction of sp³-hybridized carbons (Fsp3) is 0.222. The zero-order chi connectivity index (χ0) is 21.3. The average Bonchev–Trinajstić information content (AvgIpc) is 3.37. The number of anilines is 2. The Bertz CT molecular complexity index is 1100. The highest BCUT2D eigenvalue weighted by atomic mass is 32.1. The lowest BCUT2D eigenvalue weighted by atomic mass is 10.1. The Labute approximate surface area is 171 Å². The van der Waals surface area contributed by atoms with Crippen molar-refractivity contribution in [1.82, 2.24) is 10.2 Å². The first kappa shape index (κ1) is 19.9. The molecule has 12 heteroatoms. The normalized spacial score (nSPS) is 13.4. The molecular weight excluding hydrogens is 425 g/mol. The number of thiophene rings is 1. The van der Waals surface area contributed by atoms with Crippen molar-refractivity contribution in [3.05, 3.63) is 40.4 Å². The third-order valence-electron chi connectivity index (χ3n) is 4.11. The number of fused-ring (bicyclic) bond motifs is 1. The molecule has 8 nitrogen and oxygen atoms in total. The molecule has 0 unspecified atom stereocenters. The predicted molar refractivity (Wildman–Crippen MR) is 100 cm³/mol. The molecule has 0 aliphatic carbocycles. The maximum absolute atomic E-state index is 13.2. The summed E-state index contributed by atoms with van der Waals surface area (Å²) in [6.45, 7) is -0.366. The lowest BCUT2D eigenvalue weighted by molar-refractivity contribution is -0.137. The van der Waals surface area contributed by atoms with Gasteiger partial charge in [0.15, 0.2) is 12.4 Å². The molecule has 2 aromatic heterocycles. The van der Waals surface area contributed by atoms with E-state index in [0.717, 1.165) is 17.7 Å². The van der Waals surface area contributed by atoms with Crippen LogP contribution in [0.1, 0.15) is 17.9 Å². The summed E-state index contributed by atoms with van der Waals surface area (Å²) in [5, 5.41) is 16.2. The molecule has 0 bridgehead atoms. The van der Waals surface area contributed by atoms with Gasteiger partial charge >= 0.3 is 6.18 Å². The molecule has 0 atom stereocenters. The highest BCUT2D eigenvalue weighted by Crippen LogP contribution is 2.42. The first-order valence-corrected chi connectivity index (χ1v) is 9.56. The minimum Gasteiger partial charge on any atom is -0.479 e. The van der Waals surface area contributed by atoms with E-state index in [9.17, 15) is 22.8 Å². The summed E-state index contributed by atoms with van der Waals surface area (Å²) in [6, 6.07) is 3.33. The summed E-state index contributed by atoms with van der Waals surface area (Å²) in [5.41, 5.74) is -0.611. The van der Waals surface area contributed by atoms with Gasteiger partial charge in [-0.1, -0.05) is 0 Å². The number of carbonyl (C=O) groups is 2. The van der Waals surface area contributed by atoms with E-state index in [1.54, 1.807) is 0 Å². The molecule has 4 rings (SSSR count). The Morgan fingerprint density at radius 2 is 2.13 bits per heavy atom. The van der Waals surface area contributed by atoms with Crippen molar-refractivity contribution in [1.29, 1.82) is 0 Å². The molecule has 2 amide bonds. The Morgan fingerprint density at radius 3 is 2.87 bits per heavy atom. The Hall–Kier alpha value is -3.41. The Balaban J connectivity index is 1.47. The molecule has 0 saturated heterocycles. The largest absolute Gasteiger partial charge is 0.479 e. The Kier molecular flexibility index (Phi) is 5.16. The standard InChI is InChI=1S/C18H13F3N4O4S/c19-18(20,21)10-5-11(16-12(6-10)23-14(27)7-28-16)22-13(26)1-2-15-24-25-17(29-15)9-3-4-30-8-9/h3-6,8H,1-2,7H2,(H,22,26)(H,23,27). The van der Waals surface area contributed by atoms with Gasteiger partial charge in [-0.2, -0.15) is 24.5 Å². The molecule has 0 spiro atoms. The molecule has 2 N–H and O–H groups in total. The zero-order valence-electron chi connectivity index (χ0n) is 15.1. The van der Waals surface area contributed by atoms with Crippen molar-refractivity contribution in [3.8, 4) is 17.2 Å². The fourth-order valence-corrected chi connectivity index (χ4v) is 3.38. The Morgan fingerprint density at radius 1 is 1.30 bits per heavy atom. The van der Waals surface area contributed by atoms with E-state index in [1.165, 1.54) is 11.3 Å². The fourth-order valence-electron chi connectivity index (χ4n) is 2.75. The maximum atomic E-state index is 13.2. The molecule has 0 saturated carbocycles. The second kappa shape index (κ2) is 7.78. The van der Waals surface area contributed by atoms with Gasteiger partial charge in [0.25, 0.3) is 5.91 Å². The molecule has 3 aromatic rings. The number of ether oxygens (including phenoxy) is 1. The lowest BCUT2D eigenvalue weighted by Gasteiger charge is -2.22. The number of aromatic nitrogens is 2. The number of carbonyl (C=O) groups excluding carboxylic acids is 2. The van der Waals surface area contributed by atoms with Gasteiger partial charge in [0.1, 0.15) is 0 Å². The van der Waals surface area contributed by atoms with Gasteiger partial charge in [-0.15, -0.1) is 10.2 Å². The second-order valence-corrected chi connectivity index (χ2v) is 7.08. The van der Waals surface area contributed by atoms with Crippen LogP contribution in [0.15, 0.2) is 33.4 Å². The van der Waals surface area contributed by atoms with Gasteiger partial charge in [0.2, 0.25) is 17.7 Å². The predicted octanol–water partition coefficient (Wildman–Crippen LogP) is 3.72. The first-order valence-electron chi connectivity index (χ1n) is 8.62. The number of benzene rings is 1. The molecule has 30 heavy (non-hydrogen) atoms. The van der Waals surface area contributed by atoms with Crippen LogP contribution in [-0.4, -0.2) is 28.6 Å². The van der Waals surface area contributed by atoms with Crippen molar-refractivity contribution in [2.75, 3.05) is 17.2 Å². The van der Waals surface area contributed by atoms with Crippen LogP contribution in [0.2, 0.25) is 0 Å². The first-order chi connectivity index (χ1) is 14.3. The van der Waals surface area contributed by atoms with Crippen LogP contribution >= 0.6 is 11.3 Å². The number of amides is 2. The van der Waals surface area contributed by atoms with Crippen molar-refractivity contribution in [3.63, 3.8) is 0 Å². The maximum Gasteiger partial charge on any atom is 0.416 e. The third-order valence-corrected chi connectivity index (χ3v) is 4.80. The summed E-state index contributed by atoms with van der Waals surface area (Å²) in [4.78, 5) is 23.7. The minimum atomic E-state index is -4.67. The molecular formula is C18H13F3N4O4S. The van der Waals surface area contributed by atoms with E-state index >= 15 is 0 Å². The van der Waals surface area contributed by atoms with Gasteiger partial charge in [0, 0.05) is 23.8 Å². The molecule has 0 fully saturated rings. The topological polar surface area (TPSA) is 106 Å². The van der Waals surface area contributed by atoms with E-state index in [4.69, 9.17) is 9.15 Å². The molecule has 156 valence electrons. The summed E-state index contributed by atoms with van der Waals surface area (Å²) in [7, 11) is 0. The molecule has 3 heterocycles. The van der Waals surface area contributed by atoms with Crippen LogP contribution in [0, 0.1) is 0 Å².